The molecule has 0 bridgehead atoms. The lowest BCUT2D eigenvalue weighted by molar-refractivity contribution is 0.250. The Balaban J connectivity index is 3.58. The second kappa shape index (κ2) is 4.62. The molecule has 0 rings (SSSR count). The van der Waals surface area contributed by atoms with Crippen LogP contribution in [0.1, 0.15) is 27.7 Å². The van der Waals surface area contributed by atoms with Gasteiger partial charge in [0.1, 0.15) is 0 Å². The van der Waals surface area contributed by atoms with Gasteiger partial charge in [-0.15, -0.1) is 0 Å². The van der Waals surface area contributed by atoms with Crippen LogP contribution in [-0.2, 0) is 0 Å². The topological polar surface area (TPSA) is 50.1 Å². The van der Waals surface area contributed by atoms with E-state index in [0.29, 0.717) is 11.3 Å². The molecule has 0 spiro atoms. The van der Waals surface area contributed by atoms with Crippen molar-refractivity contribution in [1.29, 1.82) is 0 Å². The van der Waals surface area contributed by atoms with E-state index in [1.807, 2.05) is 0 Å². The number of nitrogens with two attached hydrogens (primary N) is 1. The van der Waals surface area contributed by atoms with Gasteiger partial charge in [-0.2, -0.15) is 0 Å². The molecule has 0 radical (unpaired) electrons. The molecule has 0 aliphatic heterocycles. The molecular weight excluding hydrogens is 170 g/mol. The van der Waals surface area contributed by atoms with E-state index < -0.39 is 0 Å². The summed E-state index contributed by atoms with van der Waals surface area (Å²) in [4.78, 5) is 0. The van der Waals surface area contributed by atoms with Crippen LogP contribution in [0, 0.1) is 11.3 Å². The van der Waals surface area contributed by atoms with Crippen LogP contribution in [0.25, 0.3) is 0 Å². The standard InChI is InChI=1S/C8H19N3S/c1-6(8(2,3)4)5-10-11-7(9)12/h6,10H,5H2,1-4H3,(H3,9,11,12). The summed E-state index contributed by atoms with van der Waals surface area (Å²) in [6.07, 6.45) is 0. The molecule has 12 heavy (non-hydrogen) atoms. The summed E-state index contributed by atoms with van der Waals surface area (Å²) >= 11 is 4.65. The van der Waals surface area contributed by atoms with Gasteiger partial charge >= 0.3 is 0 Å². The predicted molar refractivity (Wildman–Crippen MR) is 56.5 cm³/mol. The molecule has 0 aliphatic carbocycles. The number of hydrazine groups is 1. The van der Waals surface area contributed by atoms with E-state index >= 15 is 0 Å². The van der Waals surface area contributed by atoms with Crippen molar-refractivity contribution in [2.45, 2.75) is 27.7 Å². The zero-order chi connectivity index (χ0) is 9.78. The van der Waals surface area contributed by atoms with Gasteiger partial charge in [-0.1, -0.05) is 27.7 Å². The van der Waals surface area contributed by atoms with E-state index in [1.165, 1.54) is 0 Å². The molecule has 0 fully saturated rings. The van der Waals surface area contributed by atoms with Crippen LogP contribution < -0.4 is 16.6 Å². The van der Waals surface area contributed by atoms with E-state index in [0.717, 1.165) is 6.54 Å². The fourth-order valence-electron chi connectivity index (χ4n) is 0.597. The van der Waals surface area contributed by atoms with Crippen molar-refractivity contribution in [2.24, 2.45) is 17.1 Å². The number of hydrogen-bond donors (Lipinski definition) is 3. The molecule has 0 saturated carbocycles. The molecule has 0 aromatic rings. The summed E-state index contributed by atoms with van der Waals surface area (Å²) in [5, 5.41) is 0.288. The lowest BCUT2D eigenvalue weighted by Crippen LogP contribution is -2.44. The third-order valence-corrected chi connectivity index (χ3v) is 2.20. The molecule has 0 saturated heterocycles. The molecule has 0 amide bonds. The summed E-state index contributed by atoms with van der Waals surface area (Å²) in [5.74, 6) is 0.569. The number of hydrogen-bond acceptors (Lipinski definition) is 2. The van der Waals surface area contributed by atoms with Crippen LogP contribution >= 0.6 is 12.2 Å². The Labute approximate surface area is 80.1 Å². The van der Waals surface area contributed by atoms with Crippen molar-refractivity contribution in [3.05, 3.63) is 0 Å². The van der Waals surface area contributed by atoms with Crippen LogP contribution in [0.4, 0.5) is 0 Å². The molecule has 0 aromatic heterocycles. The fourth-order valence-corrected chi connectivity index (χ4v) is 0.670. The summed E-state index contributed by atoms with van der Waals surface area (Å²) in [5.41, 5.74) is 11.2. The van der Waals surface area contributed by atoms with E-state index in [1.54, 1.807) is 0 Å². The summed E-state index contributed by atoms with van der Waals surface area (Å²) in [7, 11) is 0. The van der Waals surface area contributed by atoms with Gasteiger partial charge in [0.15, 0.2) is 5.11 Å². The first kappa shape index (κ1) is 11.6. The molecule has 1 unspecified atom stereocenters. The van der Waals surface area contributed by atoms with Crippen LogP contribution in [0.5, 0.6) is 0 Å². The van der Waals surface area contributed by atoms with Gasteiger partial charge in [-0.05, 0) is 23.6 Å². The minimum absolute atomic E-state index is 0.288. The Morgan fingerprint density at radius 3 is 2.33 bits per heavy atom. The van der Waals surface area contributed by atoms with Crippen molar-refractivity contribution >= 4 is 17.3 Å². The molecular formula is C8H19N3S. The molecule has 1 atom stereocenters. The quantitative estimate of drug-likeness (QED) is 0.458. The average Bonchev–Trinajstić information content (AvgIpc) is 1.84. The van der Waals surface area contributed by atoms with Crippen LogP contribution in [0.3, 0.4) is 0 Å². The molecule has 3 nitrogen and oxygen atoms in total. The minimum atomic E-state index is 0.288. The third-order valence-electron chi connectivity index (χ3n) is 2.10. The van der Waals surface area contributed by atoms with E-state index in [-0.39, 0.29) is 5.11 Å². The predicted octanol–water partition coefficient (Wildman–Crippen LogP) is 1.01. The maximum atomic E-state index is 5.25. The van der Waals surface area contributed by atoms with Gasteiger partial charge in [0.25, 0.3) is 0 Å². The van der Waals surface area contributed by atoms with Crippen molar-refractivity contribution in [3.8, 4) is 0 Å². The first-order valence-electron chi connectivity index (χ1n) is 4.12. The first-order chi connectivity index (χ1) is 5.34. The van der Waals surface area contributed by atoms with Crippen molar-refractivity contribution in [1.82, 2.24) is 10.9 Å². The Morgan fingerprint density at radius 1 is 1.50 bits per heavy atom. The second-order valence-electron chi connectivity index (χ2n) is 4.14. The average molecular weight is 189 g/mol. The van der Waals surface area contributed by atoms with Crippen molar-refractivity contribution in [2.75, 3.05) is 6.54 Å². The molecule has 4 N–H and O–H groups in total. The van der Waals surface area contributed by atoms with E-state index in [4.69, 9.17) is 5.73 Å². The number of nitrogens with one attached hydrogen (secondary N) is 2. The van der Waals surface area contributed by atoms with Crippen molar-refractivity contribution < 1.29 is 0 Å². The monoisotopic (exact) mass is 189 g/mol. The van der Waals surface area contributed by atoms with Gasteiger partial charge in [0.05, 0.1) is 0 Å². The van der Waals surface area contributed by atoms with Gasteiger partial charge in [0, 0.05) is 6.54 Å². The SMILES string of the molecule is CC(CNNC(N)=S)C(C)(C)C. The summed E-state index contributed by atoms with van der Waals surface area (Å²) in [6.45, 7) is 9.68. The molecule has 72 valence electrons. The largest absolute Gasteiger partial charge is 0.375 e. The highest BCUT2D eigenvalue weighted by Crippen LogP contribution is 2.23. The Morgan fingerprint density at radius 2 is 2.00 bits per heavy atom. The van der Waals surface area contributed by atoms with Crippen molar-refractivity contribution in [3.63, 3.8) is 0 Å². The smallest absolute Gasteiger partial charge is 0.178 e. The van der Waals surface area contributed by atoms with Crippen LogP contribution in [0.15, 0.2) is 0 Å². The lowest BCUT2D eigenvalue weighted by Gasteiger charge is -2.27. The highest BCUT2D eigenvalue weighted by Gasteiger charge is 2.19. The second-order valence-corrected chi connectivity index (χ2v) is 4.58. The highest BCUT2D eigenvalue weighted by atomic mass is 32.1. The number of thiocarbonyl (C=S) groups is 1. The Kier molecular flexibility index (Phi) is 4.49. The Bertz CT molecular complexity index is 151. The van der Waals surface area contributed by atoms with Gasteiger partial charge in [-0.3, -0.25) is 5.43 Å². The molecule has 0 heterocycles. The Hall–Kier alpha value is -0.350. The molecule has 0 aromatic carbocycles. The third kappa shape index (κ3) is 5.32. The minimum Gasteiger partial charge on any atom is -0.375 e. The van der Waals surface area contributed by atoms with Gasteiger partial charge in [-0.25, -0.2) is 5.43 Å². The zero-order valence-electron chi connectivity index (χ0n) is 8.27. The summed E-state index contributed by atoms with van der Waals surface area (Å²) in [6, 6.07) is 0. The van der Waals surface area contributed by atoms with Crippen LogP contribution in [-0.4, -0.2) is 11.7 Å². The number of rotatable bonds is 3. The van der Waals surface area contributed by atoms with Crippen LogP contribution in [0.2, 0.25) is 0 Å². The highest BCUT2D eigenvalue weighted by molar-refractivity contribution is 7.80. The maximum Gasteiger partial charge on any atom is 0.178 e. The van der Waals surface area contributed by atoms with E-state index in [9.17, 15) is 0 Å². The fraction of sp³-hybridized carbons (Fsp3) is 0.875. The normalized spacial score (nSPS) is 14.0. The van der Waals surface area contributed by atoms with Gasteiger partial charge < -0.3 is 5.73 Å². The molecule has 4 heteroatoms. The van der Waals surface area contributed by atoms with Gasteiger partial charge in [0.2, 0.25) is 0 Å². The zero-order valence-corrected chi connectivity index (χ0v) is 9.09. The first-order valence-corrected chi connectivity index (χ1v) is 4.53. The lowest BCUT2D eigenvalue weighted by atomic mass is 9.82. The maximum absolute atomic E-state index is 5.25. The molecule has 0 aliphatic rings. The van der Waals surface area contributed by atoms with E-state index in [2.05, 4.69) is 50.8 Å². The summed E-state index contributed by atoms with van der Waals surface area (Å²) < 4.78 is 0.